The minimum Gasteiger partial charge on any atom is -0.332 e. The van der Waals surface area contributed by atoms with Gasteiger partial charge in [0.05, 0.1) is 0 Å². The molecule has 0 atom stereocenters. The van der Waals surface area contributed by atoms with Crippen LogP contribution >= 0.6 is 0 Å². The lowest BCUT2D eigenvalue weighted by atomic mass is 10.2. The molecule has 0 spiro atoms. The van der Waals surface area contributed by atoms with E-state index < -0.39 is 0 Å². The molecule has 1 heterocycles. The molecule has 1 saturated heterocycles. The summed E-state index contributed by atoms with van der Waals surface area (Å²) in [5.41, 5.74) is 0. The highest BCUT2D eigenvalue weighted by Crippen LogP contribution is 2.03. The normalized spacial score (nSPS) is 20.1. The van der Waals surface area contributed by atoms with Crippen molar-refractivity contribution < 1.29 is 4.79 Å². The molecule has 1 fully saturated rings. The third-order valence-electron chi connectivity index (χ3n) is 2.12. The van der Waals surface area contributed by atoms with Gasteiger partial charge in [0.15, 0.2) is 0 Å². The molecule has 1 aliphatic rings. The fourth-order valence-corrected chi connectivity index (χ4v) is 1.54. The van der Waals surface area contributed by atoms with Crippen LogP contribution in [0.25, 0.3) is 0 Å². The summed E-state index contributed by atoms with van der Waals surface area (Å²) in [6.45, 7) is 9.29. The van der Waals surface area contributed by atoms with Gasteiger partial charge in [-0.15, -0.1) is 0 Å². The highest BCUT2D eigenvalue weighted by Gasteiger charge is 2.15. The second-order valence-corrected chi connectivity index (χ2v) is 3.77. The quantitative estimate of drug-likeness (QED) is 0.607. The van der Waals surface area contributed by atoms with Gasteiger partial charge in [-0.1, -0.05) is 13.8 Å². The van der Waals surface area contributed by atoms with Gasteiger partial charge in [0.1, 0.15) is 0 Å². The Morgan fingerprint density at radius 1 is 1.25 bits per heavy atom. The molecule has 0 saturated carbocycles. The van der Waals surface area contributed by atoms with Crippen molar-refractivity contribution in [1.29, 1.82) is 0 Å². The maximum atomic E-state index is 10.3. The summed E-state index contributed by atoms with van der Waals surface area (Å²) in [5, 5.41) is 0. The van der Waals surface area contributed by atoms with Crippen LogP contribution in [0.4, 0.5) is 0 Å². The first kappa shape index (κ1) is 9.52. The molecule has 0 aromatic heterocycles. The predicted molar refractivity (Wildman–Crippen MR) is 48.5 cm³/mol. The first-order chi connectivity index (χ1) is 5.72. The molecule has 3 nitrogen and oxygen atoms in total. The molecule has 0 aromatic rings. The summed E-state index contributed by atoms with van der Waals surface area (Å²) in [5.74, 6) is 0.719. The third-order valence-corrected chi connectivity index (χ3v) is 2.12. The minimum atomic E-state index is 0.719. The van der Waals surface area contributed by atoms with E-state index in [1.54, 1.807) is 4.90 Å². The number of piperazine rings is 1. The molecule has 1 rings (SSSR count). The van der Waals surface area contributed by atoms with E-state index in [2.05, 4.69) is 18.7 Å². The molecule has 1 radical (unpaired) electrons. The molecule has 0 N–H and O–H groups in total. The van der Waals surface area contributed by atoms with Gasteiger partial charge < -0.3 is 4.90 Å². The second kappa shape index (κ2) is 4.45. The Balaban J connectivity index is 2.21. The number of amides is 1. The number of nitrogens with zero attached hydrogens (tertiary/aromatic N) is 2. The van der Waals surface area contributed by atoms with Crippen LogP contribution in [0.15, 0.2) is 0 Å². The van der Waals surface area contributed by atoms with E-state index in [1.165, 1.54) is 0 Å². The van der Waals surface area contributed by atoms with Crippen molar-refractivity contribution in [1.82, 2.24) is 9.80 Å². The van der Waals surface area contributed by atoms with Crippen molar-refractivity contribution in [3.05, 3.63) is 0 Å². The van der Waals surface area contributed by atoms with E-state index in [4.69, 9.17) is 0 Å². The number of carbonyl (C=O) groups excluding carboxylic acids is 1. The van der Waals surface area contributed by atoms with Gasteiger partial charge in [-0.3, -0.25) is 9.69 Å². The Labute approximate surface area is 74.3 Å². The summed E-state index contributed by atoms with van der Waals surface area (Å²) >= 11 is 0. The van der Waals surface area contributed by atoms with Crippen LogP contribution in [0.5, 0.6) is 0 Å². The molecule has 3 heteroatoms. The SMILES string of the molecule is CC(C)CN1CCN([C]=O)CC1. The summed E-state index contributed by atoms with van der Waals surface area (Å²) in [7, 11) is 0. The second-order valence-electron chi connectivity index (χ2n) is 3.77. The predicted octanol–water partition coefficient (Wildman–Crippen LogP) is 0.327. The van der Waals surface area contributed by atoms with Crippen LogP contribution in [0.3, 0.4) is 0 Å². The molecular weight excluding hydrogens is 152 g/mol. The highest BCUT2D eigenvalue weighted by molar-refractivity contribution is 5.48. The first-order valence-corrected chi connectivity index (χ1v) is 4.57. The van der Waals surface area contributed by atoms with Crippen molar-refractivity contribution >= 4 is 6.41 Å². The Bertz CT molecular complexity index is 139. The van der Waals surface area contributed by atoms with Crippen LogP contribution in [0.2, 0.25) is 0 Å². The molecule has 0 aromatic carbocycles. The van der Waals surface area contributed by atoms with Crippen molar-refractivity contribution in [2.24, 2.45) is 5.92 Å². The molecular formula is C9H17N2O. The van der Waals surface area contributed by atoms with Crippen molar-refractivity contribution in [2.45, 2.75) is 13.8 Å². The molecule has 12 heavy (non-hydrogen) atoms. The van der Waals surface area contributed by atoms with Crippen LogP contribution in [-0.4, -0.2) is 48.9 Å². The van der Waals surface area contributed by atoms with Crippen LogP contribution in [0.1, 0.15) is 13.8 Å². The van der Waals surface area contributed by atoms with Gasteiger partial charge in [0.25, 0.3) is 0 Å². The first-order valence-electron chi connectivity index (χ1n) is 4.57. The lowest BCUT2D eigenvalue weighted by molar-refractivity contribution is 0.163. The van der Waals surface area contributed by atoms with Gasteiger partial charge in [-0.2, -0.15) is 0 Å². The third kappa shape index (κ3) is 2.81. The summed E-state index contributed by atoms with van der Waals surface area (Å²) in [6.07, 6.45) is 1.93. The molecule has 0 aliphatic carbocycles. The van der Waals surface area contributed by atoms with E-state index in [-0.39, 0.29) is 0 Å². The van der Waals surface area contributed by atoms with Gasteiger partial charge >= 0.3 is 6.41 Å². The van der Waals surface area contributed by atoms with Gasteiger partial charge in [0, 0.05) is 32.7 Å². The van der Waals surface area contributed by atoms with Crippen molar-refractivity contribution in [3.8, 4) is 0 Å². The van der Waals surface area contributed by atoms with E-state index in [0.29, 0.717) is 0 Å². The zero-order valence-electron chi connectivity index (χ0n) is 7.92. The molecule has 1 amide bonds. The molecule has 69 valence electrons. The van der Waals surface area contributed by atoms with E-state index in [9.17, 15) is 4.79 Å². The maximum Gasteiger partial charge on any atom is 0.312 e. The Morgan fingerprint density at radius 3 is 2.25 bits per heavy atom. The largest absolute Gasteiger partial charge is 0.332 e. The zero-order chi connectivity index (χ0) is 8.97. The maximum absolute atomic E-state index is 10.3. The molecule has 1 aliphatic heterocycles. The average molecular weight is 169 g/mol. The van der Waals surface area contributed by atoms with Gasteiger partial charge in [-0.25, -0.2) is 0 Å². The number of hydrogen-bond donors (Lipinski definition) is 0. The fourth-order valence-electron chi connectivity index (χ4n) is 1.54. The van der Waals surface area contributed by atoms with Crippen LogP contribution < -0.4 is 0 Å². The summed E-state index contributed by atoms with van der Waals surface area (Å²) < 4.78 is 0. The lowest BCUT2D eigenvalue weighted by Crippen LogP contribution is -2.46. The Hall–Kier alpha value is -0.570. The average Bonchev–Trinajstić information content (AvgIpc) is 2.05. The van der Waals surface area contributed by atoms with Gasteiger partial charge in [0.2, 0.25) is 0 Å². The highest BCUT2D eigenvalue weighted by atomic mass is 16.1. The fraction of sp³-hybridized carbons (Fsp3) is 0.889. The van der Waals surface area contributed by atoms with E-state index in [0.717, 1.165) is 38.6 Å². The Kier molecular flexibility index (Phi) is 3.53. The standard InChI is InChI=1S/C9H17N2O/c1-9(2)7-10-3-5-11(8-12)6-4-10/h9H,3-7H2,1-2H3. The van der Waals surface area contributed by atoms with E-state index in [1.807, 2.05) is 6.41 Å². The zero-order valence-corrected chi connectivity index (χ0v) is 7.92. The lowest BCUT2D eigenvalue weighted by Gasteiger charge is -2.32. The van der Waals surface area contributed by atoms with E-state index >= 15 is 0 Å². The summed E-state index contributed by atoms with van der Waals surface area (Å²) in [4.78, 5) is 14.4. The number of hydrogen-bond acceptors (Lipinski definition) is 2. The number of rotatable bonds is 3. The topological polar surface area (TPSA) is 23.6 Å². The summed E-state index contributed by atoms with van der Waals surface area (Å²) in [6, 6.07) is 0. The van der Waals surface area contributed by atoms with Crippen LogP contribution in [0, 0.1) is 5.92 Å². The monoisotopic (exact) mass is 169 g/mol. The van der Waals surface area contributed by atoms with Crippen molar-refractivity contribution in [2.75, 3.05) is 32.7 Å². The molecule has 0 bridgehead atoms. The van der Waals surface area contributed by atoms with Crippen molar-refractivity contribution in [3.63, 3.8) is 0 Å². The minimum absolute atomic E-state index is 0.719. The van der Waals surface area contributed by atoms with Crippen LogP contribution in [-0.2, 0) is 4.79 Å². The smallest absolute Gasteiger partial charge is 0.312 e. The van der Waals surface area contributed by atoms with Gasteiger partial charge in [-0.05, 0) is 5.92 Å². The Morgan fingerprint density at radius 2 is 1.83 bits per heavy atom. The molecule has 0 unspecified atom stereocenters.